The molecule has 0 aliphatic carbocycles. The van der Waals surface area contributed by atoms with Crippen LogP contribution < -0.4 is 14.2 Å². The first-order chi connectivity index (χ1) is 17.1. The summed E-state index contributed by atoms with van der Waals surface area (Å²) in [6.07, 6.45) is 3.22. The number of ether oxygens (including phenoxy) is 3. The Morgan fingerprint density at radius 1 is 0.800 bits per heavy atom. The molecule has 4 aromatic rings. The third-order valence-corrected chi connectivity index (χ3v) is 5.55. The van der Waals surface area contributed by atoms with Gasteiger partial charge in [0.05, 0.1) is 14.2 Å². The highest BCUT2D eigenvalue weighted by Crippen LogP contribution is 2.28. The molecule has 0 saturated carbocycles. The van der Waals surface area contributed by atoms with Gasteiger partial charge in [0, 0.05) is 11.1 Å². The lowest BCUT2D eigenvalue weighted by Gasteiger charge is -2.12. The maximum atomic E-state index is 12.6. The first-order valence-electron chi connectivity index (χ1n) is 11.1. The highest BCUT2D eigenvalue weighted by molar-refractivity contribution is 6.07. The lowest BCUT2D eigenvalue weighted by atomic mass is 10.1. The number of phenols is 1. The molecule has 0 bridgehead atoms. The Morgan fingerprint density at radius 3 is 2.23 bits per heavy atom. The normalized spacial score (nSPS) is 10.8. The topological polar surface area (TPSA) is 65.0 Å². The Morgan fingerprint density at radius 2 is 1.51 bits per heavy atom. The molecule has 0 atom stereocenters. The standard InChI is InChI=1S/C30H26O5/c1-33-29-17-9-21(8-15-27(31)24-12-16-28(32)30(19-24)34-2)18-25(29)20-35-26-13-10-23(11-14-26)22-6-4-3-5-7-22/h3-19,32H,20H2,1-2H3/b15-8+. The van der Waals surface area contributed by atoms with E-state index in [4.69, 9.17) is 14.2 Å². The van der Waals surface area contributed by atoms with Gasteiger partial charge in [-0.2, -0.15) is 0 Å². The second kappa shape index (κ2) is 11.1. The summed E-state index contributed by atoms with van der Waals surface area (Å²) in [4.78, 5) is 12.6. The van der Waals surface area contributed by atoms with Crippen molar-refractivity contribution in [1.29, 1.82) is 0 Å². The molecule has 0 aromatic heterocycles. The van der Waals surface area contributed by atoms with Crippen molar-refractivity contribution in [3.63, 3.8) is 0 Å². The van der Waals surface area contributed by atoms with Crippen LogP contribution in [0.15, 0.2) is 97.1 Å². The van der Waals surface area contributed by atoms with E-state index in [0.29, 0.717) is 17.9 Å². The number of hydrogen-bond acceptors (Lipinski definition) is 5. The average Bonchev–Trinajstić information content (AvgIpc) is 2.91. The van der Waals surface area contributed by atoms with Crippen LogP contribution in [0.4, 0.5) is 0 Å². The summed E-state index contributed by atoms with van der Waals surface area (Å²) >= 11 is 0. The molecule has 1 N–H and O–H groups in total. The number of allylic oxidation sites excluding steroid dienone is 1. The highest BCUT2D eigenvalue weighted by Gasteiger charge is 2.09. The van der Waals surface area contributed by atoms with E-state index in [-0.39, 0.29) is 17.3 Å². The van der Waals surface area contributed by atoms with E-state index < -0.39 is 0 Å². The molecule has 0 heterocycles. The van der Waals surface area contributed by atoms with Gasteiger partial charge in [-0.3, -0.25) is 4.79 Å². The lowest BCUT2D eigenvalue weighted by molar-refractivity contribution is 0.104. The van der Waals surface area contributed by atoms with Crippen LogP contribution in [0, 0.1) is 0 Å². The van der Waals surface area contributed by atoms with Crippen molar-refractivity contribution in [3.05, 3.63) is 114 Å². The van der Waals surface area contributed by atoms with Gasteiger partial charge in [0.25, 0.3) is 0 Å². The zero-order chi connectivity index (χ0) is 24.6. The van der Waals surface area contributed by atoms with Crippen molar-refractivity contribution in [2.24, 2.45) is 0 Å². The third-order valence-electron chi connectivity index (χ3n) is 5.55. The van der Waals surface area contributed by atoms with E-state index in [9.17, 15) is 9.90 Å². The van der Waals surface area contributed by atoms with Crippen LogP contribution in [-0.2, 0) is 6.61 Å². The maximum absolute atomic E-state index is 12.6. The first-order valence-corrected chi connectivity index (χ1v) is 11.1. The van der Waals surface area contributed by atoms with E-state index in [1.807, 2.05) is 60.7 Å². The van der Waals surface area contributed by atoms with Crippen molar-refractivity contribution in [2.75, 3.05) is 14.2 Å². The molecule has 5 nitrogen and oxygen atoms in total. The molecule has 0 unspecified atom stereocenters. The van der Waals surface area contributed by atoms with Crippen molar-refractivity contribution >= 4 is 11.9 Å². The maximum Gasteiger partial charge on any atom is 0.185 e. The summed E-state index contributed by atoms with van der Waals surface area (Å²) in [5.74, 6) is 1.50. The van der Waals surface area contributed by atoms with E-state index in [1.54, 1.807) is 19.3 Å². The van der Waals surface area contributed by atoms with E-state index >= 15 is 0 Å². The number of carbonyl (C=O) groups is 1. The number of phenolic OH excluding ortho intramolecular Hbond substituents is 1. The molecule has 0 spiro atoms. The number of aromatic hydroxyl groups is 1. The molecule has 0 fully saturated rings. The summed E-state index contributed by atoms with van der Waals surface area (Å²) < 4.78 is 16.6. The molecule has 4 aromatic carbocycles. The zero-order valence-corrected chi connectivity index (χ0v) is 19.6. The summed E-state index contributed by atoms with van der Waals surface area (Å²) in [7, 11) is 3.06. The van der Waals surface area contributed by atoms with Crippen LogP contribution in [0.5, 0.6) is 23.0 Å². The number of benzene rings is 4. The van der Waals surface area contributed by atoms with Crippen LogP contribution in [0.3, 0.4) is 0 Å². The second-order valence-electron chi connectivity index (χ2n) is 7.83. The van der Waals surface area contributed by atoms with Gasteiger partial charge in [-0.1, -0.05) is 54.6 Å². The third kappa shape index (κ3) is 5.89. The molecule has 176 valence electrons. The molecular formula is C30H26O5. The van der Waals surface area contributed by atoms with Gasteiger partial charge in [0.2, 0.25) is 0 Å². The van der Waals surface area contributed by atoms with Gasteiger partial charge in [-0.15, -0.1) is 0 Å². The van der Waals surface area contributed by atoms with Crippen LogP contribution in [0.25, 0.3) is 17.2 Å². The number of carbonyl (C=O) groups excluding carboxylic acids is 1. The molecule has 0 radical (unpaired) electrons. The molecule has 0 saturated heterocycles. The van der Waals surface area contributed by atoms with Crippen molar-refractivity contribution in [1.82, 2.24) is 0 Å². The summed E-state index contributed by atoms with van der Waals surface area (Å²) in [5.41, 5.74) is 4.40. The van der Waals surface area contributed by atoms with Crippen LogP contribution >= 0.6 is 0 Å². The van der Waals surface area contributed by atoms with Crippen LogP contribution in [0.1, 0.15) is 21.5 Å². The fourth-order valence-corrected chi connectivity index (χ4v) is 3.65. The van der Waals surface area contributed by atoms with Gasteiger partial charge in [0.15, 0.2) is 17.3 Å². The Bertz CT molecular complexity index is 1320. The minimum Gasteiger partial charge on any atom is -0.504 e. The zero-order valence-electron chi connectivity index (χ0n) is 19.6. The van der Waals surface area contributed by atoms with Crippen molar-refractivity contribution < 1.29 is 24.1 Å². The summed E-state index contributed by atoms with van der Waals surface area (Å²) in [5, 5.41) is 9.73. The van der Waals surface area contributed by atoms with Gasteiger partial charge >= 0.3 is 0 Å². The Labute approximate surface area is 204 Å². The SMILES string of the molecule is COc1cc(C(=O)/C=C/c2ccc(OC)c(COc3ccc(-c4ccccc4)cc3)c2)ccc1O. The van der Waals surface area contributed by atoms with Crippen LogP contribution in [0.2, 0.25) is 0 Å². The van der Waals surface area contributed by atoms with Crippen LogP contribution in [-0.4, -0.2) is 25.1 Å². The fourth-order valence-electron chi connectivity index (χ4n) is 3.65. The summed E-state index contributed by atoms with van der Waals surface area (Å²) in [6.45, 7) is 0.318. The second-order valence-corrected chi connectivity index (χ2v) is 7.83. The Balaban J connectivity index is 1.45. The van der Waals surface area contributed by atoms with Gasteiger partial charge in [0.1, 0.15) is 18.1 Å². The largest absolute Gasteiger partial charge is 0.504 e. The first kappa shape index (κ1) is 23.6. The minimum absolute atomic E-state index is 0.0115. The molecule has 4 rings (SSSR count). The van der Waals surface area contributed by atoms with E-state index in [0.717, 1.165) is 28.0 Å². The monoisotopic (exact) mass is 466 g/mol. The lowest BCUT2D eigenvalue weighted by Crippen LogP contribution is -1.99. The smallest absolute Gasteiger partial charge is 0.185 e. The number of hydrogen-bond donors (Lipinski definition) is 1. The van der Waals surface area contributed by atoms with Gasteiger partial charge < -0.3 is 19.3 Å². The number of methoxy groups -OCH3 is 2. The average molecular weight is 467 g/mol. The highest BCUT2D eigenvalue weighted by atomic mass is 16.5. The molecule has 0 aliphatic rings. The van der Waals surface area contributed by atoms with E-state index in [2.05, 4.69) is 12.1 Å². The minimum atomic E-state index is -0.199. The predicted molar refractivity (Wildman–Crippen MR) is 137 cm³/mol. The van der Waals surface area contributed by atoms with Gasteiger partial charge in [-0.05, 0) is 65.2 Å². The quantitative estimate of drug-likeness (QED) is 0.224. The molecular weight excluding hydrogens is 440 g/mol. The van der Waals surface area contributed by atoms with Crippen molar-refractivity contribution in [2.45, 2.75) is 6.61 Å². The Kier molecular flexibility index (Phi) is 7.48. The number of rotatable bonds is 9. The predicted octanol–water partition coefficient (Wildman–Crippen LogP) is 6.55. The Hall–Kier alpha value is -4.51. The van der Waals surface area contributed by atoms with Gasteiger partial charge in [-0.25, -0.2) is 0 Å². The number of ketones is 1. The summed E-state index contributed by atoms with van der Waals surface area (Å²) in [6, 6.07) is 28.3. The molecule has 35 heavy (non-hydrogen) atoms. The molecule has 0 aliphatic heterocycles. The van der Waals surface area contributed by atoms with Crippen molar-refractivity contribution in [3.8, 4) is 34.1 Å². The fraction of sp³-hybridized carbons (Fsp3) is 0.100. The molecule has 5 heteroatoms. The van der Waals surface area contributed by atoms with E-state index in [1.165, 1.54) is 25.3 Å². The molecule has 0 amide bonds.